The Kier molecular flexibility index (Phi) is 5.74. The molecule has 2 heterocycles. The highest BCUT2D eigenvalue weighted by atomic mass is 35.7. The first-order valence-electron chi connectivity index (χ1n) is 9.34. The number of hydrogen-bond acceptors (Lipinski definition) is 5. The molecule has 0 bridgehead atoms. The molecule has 1 aliphatic carbocycles. The lowest BCUT2D eigenvalue weighted by Crippen LogP contribution is -2.28. The summed E-state index contributed by atoms with van der Waals surface area (Å²) in [6.07, 6.45) is 2.16. The van der Waals surface area contributed by atoms with Crippen molar-refractivity contribution >= 4 is 44.3 Å². The van der Waals surface area contributed by atoms with Gasteiger partial charge in [-0.05, 0) is 71.3 Å². The summed E-state index contributed by atoms with van der Waals surface area (Å²) < 4.78 is 28.3. The zero-order valence-corrected chi connectivity index (χ0v) is 17.2. The molecule has 1 aliphatic rings. The van der Waals surface area contributed by atoms with Crippen molar-refractivity contribution in [2.24, 2.45) is 0 Å². The van der Waals surface area contributed by atoms with Crippen LogP contribution in [-0.4, -0.2) is 14.5 Å². The Balaban J connectivity index is 1.81. The van der Waals surface area contributed by atoms with Gasteiger partial charge in [0.1, 0.15) is 5.65 Å². The predicted molar refractivity (Wildman–Crippen MR) is 112 cm³/mol. The van der Waals surface area contributed by atoms with Gasteiger partial charge in [0.25, 0.3) is 12.0 Å². The van der Waals surface area contributed by atoms with Crippen molar-refractivity contribution in [3.8, 4) is 0 Å². The average Bonchev–Trinajstić information content (AvgIpc) is 3.23. The highest BCUT2D eigenvalue weighted by Crippen LogP contribution is 2.32. The fraction of sp³-hybridized carbons (Fsp3) is 0.350. The molecule has 0 atom stereocenters. The van der Waals surface area contributed by atoms with Gasteiger partial charge in [0.15, 0.2) is 0 Å². The molecule has 1 aromatic carbocycles. The van der Waals surface area contributed by atoms with E-state index < -0.39 is 17.5 Å². The Morgan fingerprint density at radius 3 is 2.69 bits per heavy atom. The molecule has 0 saturated heterocycles. The van der Waals surface area contributed by atoms with Gasteiger partial charge < -0.3 is 5.32 Å². The van der Waals surface area contributed by atoms with E-state index in [1.165, 1.54) is 16.8 Å². The molecule has 2 aromatic heterocycles. The number of aryl methyl sites for hydroxylation is 1. The van der Waals surface area contributed by atoms with Gasteiger partial charge in [-0.25, -0.2) is 13.8 Å². The molecule has 152 valence electrons. The van der Waals surface area contributed by atoms with Gasteiger partial charge in [0.05, 0.1) is 5.56 Å². The molecular weight excluding hydrogens is 418 g/mol. The smallest absolute Gasteiger partial charge is 0.269 e. The largest absolute Gasteiger partial charge is 0.324 e. The molecule has 0 aliphatic heterocycles. The molecule has 1 saturated carbocycles. The zero-order valence-electron chi connectivity index (χ0n) is 15.7. The number of alkyl halides is 2. The second-order valence-electron chi connectivity index (χ2n) is 7.17. The van der Waals surface area contributed by atoms with E-state index in [4.69, 9.17) is 10.7 Å². The summed E-state index contributed by atoms with van der Waals surface area (Å²) >= 11 is 0. The maximum Gasteiger partial charge on any atom is 0.269 e. The highest BCUT2D eigenvalue weighted by molar-refractivity contribution is 8.21. The number of pyridine rings is 1. The summed E-state index contributed by atoms with van der Waals surface area (Å²) in [7, 11) is 6.93. The number of nitrogens with zero attached hydrogens (tertiary/aromatic N) is 3. The van der Waals surface area contributed by atoms with Crippen molar-refractivity contribution in [1.29, 1.82) is 0 Å². The fourth-order valence-electron chi connectivity index (χ4n) is 3.80. The minimum atomic E-state index is -2.83. The minimum absolute atomic E-state index is 0.117. The van der Waals surface area contributed by atoms with Crippen LogP contribution >= 0.6 is 21.7 Å². The van der Waals surface area contributed by atoms with Crippen molar-refractivity contribution in [2.75, 3.05) is 5.32 Å². The van der Waals surface area contributed by atoms with Gasteiger partial charge in [0, 0.05) is 28.2 Å². The van der Waals surface area contributed by atoms with Crippen LogP contribution in [0.5, 0.6) is 0 Å². The molecule has 4 rings (SSSR count). The van der Waals surface area contributed by atoms with E-state index in [2.05, 4.69) is 15.3 Å². The first-order valence-corrected chi connectivity index (χ1v) is 11.0. The van der Waals surface area contributed by atoms with Crippen LogP contribution in [0.25, 0.3) is 11.0 Å². The SMILES string of the molecule is Cc1cc(SCl)ccc1Nc1ncc2cc(C(F)F)c(=O)n(C3CCCC3)c2n1. The quantitative estimate of drug-likeness (QED) is 0.520. The molecule has 3 aromatic rings. The van der Waals surface area contributed by atoms with Crippen LogP contribution < -0.4 is 10.9 Å². The number of fused-ring (bicyclic) bond motifs is 1. The van der Waals surface area contributed by atoms with Gasteiger partial charge in [-0.1, -0.05) is 12.8 Å². The number of rotatable bonds is 5. The maximum atomic E-state index is 13.4. The Morgan fingerprint density at radius 1 is 1.28 bits per heavy atom. The molecule has 1 N–H and O–H groups in total. The van der Waals surface area contributed by atoms with E-state index in [9.17, 15) is 13.6 Å². The van der Waals surface area contributed by atoms with Gasteiger partial charge in [-0.15, -0.1) is 0 Å². The summed E-state index contributed by atoms with van der Waals surface area (Å²) in [5.41, 5.74) is 0.982. The number of hydrogen-bond donors (Lipinski definition) is 1. The van der Waals surface area contributed by atoms with Crippen LogP contribution in [0.1, 0.15) is 49.3 Å². The van der Waals surface area contributed by atoms with Crippen molar-refractivity contribution in [1.82, 2.24) is 14.5 Å². The van der Waals surface area contributed by atoms with Gasteiger partial charge in [0.2, 0.25) is 5.95 Å². The molecule has 0 spiro atoms. The van der Waals surface area contributed by atoms with Crippen LogP contribution in [0.4, 0.5) is 20.4 Å². The Morgan fingerprint density at radius 2 is 2.03 bits per heavy atom. The Bertz CT molecular complexity index is 1120. The molecule has 0 amide bonds. The zero-order chi connectivity index (χ0) is 20.5. The maximum absolute atomic E-state index is 13.4. The number of benzene rings is 1. The molecule has 1 fully saturated rings. The second-order valence-corrected chi connectivity index (χ2v) is 8.25. The van der Waals surface area contributed by atoms with Crippen LogP contribution in [-0.2, 0) is 0 Å². The van der Waals surface area contributed by atoms with Crippen LogP contribution in [0.3, 0.4) is 0 Å². The van der Waals surface area contributed by atoms with E-state index in [-0.39, 0.29) is 6.04 Å². The first-order chi connectivity index (χ1) is 14.0. The topological polar surface area (TPSA) is 59.8 Å². The number of anilines is 2. The molecule has 0 radical (unpaired) electrons. The molecule has 29 heavy (non-hydrogen) atoms. The van der Waals surface area contributed by atoms with E-state index in [0.717, 1.165) is 52.8 Å². The van der Waals surface area contributed by atoms with Crippen LogP contribution in [0.2, 0.25) is 0 Å². The third kappa shape index (κ3) is 3.96. The van der Waals surface area contributed by atoms with Crippen molar-refractivity contribution in [2.45, 2.75) is 50.0 Å². The van der Waals surface area contributed by atoms with Crippen molar-refractivity contribution < 1.29 is 8.78 Å². The minimum Gasteiger partial charge on any atom is -0.324 e. The standard InChI is InChI=1S/C20H19ClF2N4OS/c1-11-8-14(29-21)6-7-16(11)25-20-24-10-12-9-15(17(22)23)19(28)27(18(12)26-20)13-4-2-3-5-13/h6-10,13,17H,2-5H2,1H3,(H,24,25,26). The summed E-state index contributed by atoms with van der Waals surface area (Å²) in [6.45, 7) is 1.93. The Labute approximate surface area is 175 Å². The Hall–Kier alpha value is -2.19. The molecule has 0 unspecified atom stereocenters. The summed E-state index contributed by atoms with van der Waals surface area (Å²) in [5.74, 6) is 0.308. The van der Waals surface area contributed by atoms with E-state index >= 15 is 0 Å². The second kappa shape index (κ2) is 8.28. The lowest BCUT2D eigenvalue weighted by Gasteiger charge is -2.18. The van der Waals surface area contributed by atoms with Gasteiger partial charge in [-0.2, -0.15) is 4.98 Å². The first kappa shape index (κ1) is 20.1. The summed E-state index contributed by atoms with van der Waals surface area (Å²) in [6, 6.07) is 6.77. The van der Waals surface area contributed by atoms with E-state index in [1.807, 2.05) is 25.1 Å². The van der Waals surface area contributed by atoms with Gasteiger partial charge >= 0.3 is 0 Å². The van der Waals surface area contributed by atoms with Crippen LogP contribution in [0, 0.1) is 6.92 Å². The van der Waals surface area contributed by atoms with E-state index in [0.29, 0.717) is 17.0 Å². The van der Waals surface area contributed by atoms with Crippen LogP contribution in [0.15, 0.2) is 40.2 Å². The lowest BCUT2D eigenvalue weighted by atomic mass is 10.1. The van der Waals surface area contributed by atoms with E-state index in [1.54, 1.807) is 0 Å². The number of nitrogens with one attached hydrogen (secondary N) is 1. The van der Waals surface area contributed by atoms with Crippen molar-refractivity contribution in [3.63, 3.8) is 0 Å². The highest BCUT2D eigenvalue weighted by Gasteiger charge is 2.25. The monoisotopic (exact) mass is 436 g/mol. The number of halogens is 3. The predicted octanol–water partition coefficient (Wildman–Crippen LogP) is 6.14. The normalized spacial score (nSPS) is 14.8. The third-order valence-corrected chi connectivity index (χ3v) is 6.23. The molecule has 5 nitrogen and oxygen atoms in total. The summed E-state index contributed by atoms with van der Waals surface area (Å²) in [5, 5.41) is 3.59. The fourth-order valence-corrected chi connectivity index (χ4v) is 4.43. The number of aromatic nitrogens is 3. The third-order valence-electron chi connectivity index (χ3n) is 5.26. The van der Waals surface area contributed by atoms with Gasteiger partial charge in [-0.3, -0.25) is 9.36 Å². The average molecular weight is 437 g/mol. The lowest BCUT2D eigenvalue weighted by molar-refractivity contribution is 0.149. The molecule has 9 heteroatoms. The van der Waals surface area contributed by atoms with Crippen molar-refractivity contribution in [3.05, 3.63) is 51.9 Å². The summed E-state index contributed by atoms with van der Waals surface area (Å²) in [4.78, 5) is 22.5. The molecular formula is C20H19ClF2N4OS.